The van der Waals surface area contributed by atoms with E-state index in [4.69, 9.17) is 20.4 Å². The van der Waals surface area contributed by atoms with Crippen molar-refractivity contribution in [3.8, 4) is 0 Å². The molecule has 0 radical (unpaired) electrons. The monoisotopic (exact) mass is 891 g/mol. The first-order valence-corrected chi connectivity index (χ1v) is 14.2. The molecule has 4 rings (SSSR count). The Hall–Kier alpha value is 1.46. The Labute approximate surface area is 361 Å². The third kappa shape index (κ3) is 37.9. The molecule has 44 heavy (non-hydrogen) atoms. The van der Waals surface area contributed by atoms with E-state index in [0.717, 1.165) is 16.7 Å². The second-order valence-corrected chi connectivity index (χ2v) is 10.3. The zero-order chi connectivity index (χ0) is 31.1. The minimum absolute atomic E-state index is 0. The van der Waals surface area contributed by atoms with E-state index in [9.17, 15) is 0 Å². The zero-order valence-electron chi connectivity index (χ0n) is 25.4. The van der Waals surface area contributed by atoms with Crippen LogP contribution in [0.1, 0.15) is 41.7 Å². The fraction of sp³-hybridized carbons (Fsp3) is 0.182. The van der Waals surface area contributed by atoms with E-state index in [1.54, 1.807) is 0 Å². The summed E-state index contributed by atoms with van der Waals surface area (Å²) in [4.78, 5) is 0. The minimum atomic E-state index is -1.17. The van der Waals surface area contributed by atoms with Gasteiger partial charge in [-0.25, -0.2) is 12.1 Å². The molecule has 0 aromatic heterocycles. The van der Waals surface area contributed by atoms with Crippen molar-refractivity contribution in [2.45, 2.75) is 40.3 Å². The summed E-state index contributed by atoms with van der Waals surface area (Å²) in [6.07, 6.45) is -2.33. The van der Waals surface area contributed by atoms with Gasteiger partial charge in [0.25, 0.3) is 0 Å². The van der Waals surface area contributed by atoms with Crippen LogP contribution in [0.5, 0.6) is 0 Å². The fourth-order valence-electron chi connectivity index (χ4n) is 2.27. The summed E-state index contributed by atoms with van der Waals surface area (Å²) in [5.74, 6) is 0. The van der Waals surface area contributed by atoms with Crippen molar-refractivity contribution >= 4 is 43.6 Å². The summed E-state index contributed by atoms with van der Waals surface area (Å²) in [6, 6.07) is 32.3. The summed E-state index contributed by atoms with van der Waals surface area (Å²) in [7, 11) is 8.00. The van der Waals surface area contributed by atoms with Crippen LogP contribution in [0.25, 0.3) is 0 Å². The van der Waals surface area contributed by atoms with Gasteiger partial charge < -0.3 is 20.4 Å². The van der Waals surface area contributed by atoms with Crippen molar-refractivity contribution in [3.05, 3.63) is 146 Å². The molecule has 11 heteroatoms. The van der Waals surface area contributed by atoms with Crippen molar-refractivity contribution in [2.24, 2.45) is 0 Å². The smallest absolute Gasteiger partial charge is 0.368 e. The summed E-state index contributed by atoms with van der Waals surface area (Å²) in [6.45, 7) is 18.1. The van der Waals surface area contributed by atoms with Gasteiger partial charge in [0, 0.05) is 95.9 Å². The van der Waals surface area contributed by atoms with Gasteiger partial charge in [-0.15, -0.1) is 48.0 Å². The van der Waals surface area contributed by atoms with Crippen LogP contribution in [0.3, 0.4) is 0 Å². The van der Waals surface area contributed by atoms with E-state index in [0.29, 0.717) is 0 Å². The van der Waals surface area contributed by atoms with Crippen molar-refractivity contribution in [3.63, 3.8) is 0 Å². The molecule has 4 N–H and O–H groups in total. The number of aliphatic hydroxyl groups is 4. The second kappa shape index (κ2) is 37.3. The Kier molecular flexibility index (Phi) is 48.9. The maximum atomic E-state index is 7.61. The van der Waals surface area contributed by atoms with Crippen LogP contribution in [0.4, 0.5) is 0 Å². The largest absolute Gasteiger partial charge is 2.00 e. The Morgan fingerprint density at radius 3 is 0.818 bits per heavy atom. The average molecular weight is 892 g/mol. The van der Waals surface area contributed by atoms with Crippen LogP contribution in [-0.2, 0) is 40.8 Å². The maximum Gasteiger partial charge on any atom is 2.00 e. The van der Waals surface area contributed by atoms with Crippen molar-refractivity contribution in [1.29, 1.82) is 0 Å². The fourth-order valence-corrected chi connectivity index (χ4v) is 2.89. The number of hydrogen-bond acceptors (Lipinski definition) is 4. The van der Waals surface area contributed by atoms with Crippen molar-refractivity contribution in [1.82, 2.24) is 0 Å². The molecule has 0 aliphatic rings. The first-order valence-electron chi connectivity index (χ1n) is 12.4. The molecule has 0 amide bonds. The zero-order valence-corrected chi connectivity index (χ0v) is 33.4. The average Bonchev–Trinajstić information content (AvgIpc) is 2.87. The van der Waals surface area contributed by atoms with Gasteiger partial charge in [0.1, 0.15) is 12.6 Å². The third-order valence-electron chi connectivity index (χ3n) is 4.55. The van der Waals surface area contributed by atoms with Crippen LogP contribution in [0.15, 0.2) is 97.1 Å². The maximum absolute atomic E-state index is 7.61. The molecule has 0 fully saturated rings. The van der Waals surface area contributed by atoms with Crippen LogP contribution in [0, 0.1) is 110 Å². The van der Waals surface area contributed by atoms with Gasteiger partial charge in [0.15, 0.2) is 0 Å². The molecule has 4 nitrogen and oxygen atoms in total. The molecule has 0 heterocycles. The second-order valence-electron chi connectivity index (χ2n) is 8.44. The minimum Gasteiger partial charge on any atom is -0.368 e. The van der Waals surface area contributed by atoms with E-state index in [-0.39, 0.29) is 116 Å². The van der Waals surface area contributed by atoms with Gasteiger partial charge in [-0.3, -0.25) is 25.0 Å². The van der Waals surface area contributed by atoms with Gasteiger partial charge >= 0.3 is 20.4 Å². The summed E-state index contributed by atoms with van der Waals surface area (Å²) < 4.78 is 0. The quantitative estimate of drug-likeness (QED) is 0.0865. The van der Waals surface area contributed by atoms with E-state index in [2.05, 4.69) is 86.6 Å². The third-order valence-corrected chi connectivity index (χ3v) is 6.41. The van der Waals surface area contributed by atoms with Gasteiger partial charge in [0.2, 0.25) is 0 Å². The first kappa shape index (κ1) is 57.7. The summed E-state index contributed by atoms with van der Waals surface area (Å²) in [5, 5.41) is 34.2. The Morgan fingerprint density at radius 2 is 0.682 bits per heavy atom. The molecule has 0 saturated carbocycles. The normalized spacial score (nSPS) is 8.30. The van der Waals surface area contributed by atoms with Gasteiger partial charge in [-0.2, -0.15) is 27.8 Å². The standard InChI is InChI=1S/C8H8.2C7H9P.C7H8P.2C2H6O2.2Ar.2Pd/c1-7-5-3-4-6-8(7)2;3*1-6-4-2-3-5-7(6)8;2*1-2(3)4;;;;/h3-6H,1-2H2;2*2-5H,8H2,1H3;2-5H,1,8H2;2*2-4H,1H3;;;;/q-2;;;-1;;;;;;+2. The predicted octanol–water partition coefficient (Wildman–Crippen LogP) is 5.04. The van der Waals surface area contributed by atoms with E-state index >= 15 is 0 Å². The molecule has 0 spiro atoms. The number of aliphatic hydroxyl groups excluding tert-OH is 2. The molecule has 0 aliphatic heterocycles. The first-order chi connectivity index (χ1) is 18.7. The van der Waals surface area contributed by atoms with E-state index in [1.165, 1.54) is 40.9 Å². The van der Waals surface area contributed by atoms with Crippen LogP contribution >= 0.6 is 27.7 Å². The van der Waals surface area contributed by atoms with Crippen LogP contribution in [-0.4, -0.2) is 33.0 Å². The molecule has 4 aromatic rings. The predicted molar refractivity (Wildman–Crippen MR) is 184 cm³/mol. The molecule has 0 aliphatic carbocycles. The van der Waals surface area contributed by atoms with Gasteiger partial charge in [-0.1, -0.05) is 54.6 Å². The Balaban J connectivity index is -0.0000000987. The van der Waals surface area contributed by atoms with Gasteiger partial charge in [-0.05, 0) is 49.4 Å². The number of hydrogen-bond donors (Lipinski definition) is 4. The molecule has 0 bridgehead atoms. The molecule has 4 aromatic carbocycles. The molecular weight excluding hydrogens is 846 g/mol. The van der Waals surface area contributed by atoms with Crippen molar-refractivity contribution in [2.75, 3.05) is 0 Å². The molecule has 0 saturated heterocycles. The Bertz CT molecular complexity index is 935. The molecular formula is C33H46Ar2O4P3Pd2-. The van der Waals surface area contributed by atoms with E-state index < -0.39 is 12.6 Å². The van der Waals surface area contributed by atoms with Crippen LogP contribution < -0.4 is 15.9 Å². The molecule has 254 valence electrons. The number of benzene rings is 4. The summed E-state index contributed by atoms with van der Waals surface area (Å²) >= 11 is 0. The summed E-state index contributed by atoms with van der Waals surface area (Å²) in [5.41, 5.74) is 5.76. The number of rotatable bonds is 0. The molecule has 3 atom stereocenters. The Morgan fingerprint density at radius 1 is 0.477 bits per heavy atom. The topological polar surface area (TPSA) is 80.9 Å². The SMILES string of the molecule is CC(O)O.CC(O)O.Cc1ccccc1P.Cc1ccccc1P.[Ar].[Ar].[CH2-]c1ccccc1P.[CH2-]c1ccccc1[CH2-].[Pd+2].[Pd]. The van der Waals surface area contributed by atoms with Crippen LogP contribution in [0.2, 0.25) is 0 Å². The van der Waals surface area contributed by atoms with E-state index in [1.807, 2.05) is 72.8 Å². The van der Waals surface area contributed by atoms with Crippen molar-refractivity contribution < 1.29 is 137 Å². The van der Waals surface area contributed by atoms with Gasteiger partial charge in [0.05, 0.1) is 0 Å². The number of aryl methyl sites for hydroxylation is 2. The molecule has 3 unspecified atom stereocenters.